The second-order valence-electron chi connectivity index (χ2n) is 7.92. The van der Waals surface area contributed by atoms with Crippen molar-refractivity contribution in [2.75, 3.05) is 25.2 Å². The van der Waals surface area contributed by atoms with Crippen LogP contribution < -0.4 is 14.4 Å². The Morgan fingerprint density at radius 3 is 2.34 bits per heavy atom. The molecule has 0 radical (unpaired) electrons. The number of rotatable bonds is 8. The van der Waals surface area contributed by atoms with E-state index in [9.17, 15) is 4.79 Å². The van der Waals surface area contributed by atoms with Gasteiger partial charge in [0.15, 0.2) is 0 Å². The predicted molar refractivity (Wildman–Crippen MR) is 113 cm³/mol. The van der Waals surface area contributed by atoms with E-state index in [0.717, 1.165) is 36.6 Å². The van der Waals surface area contributed by atoms with Crippen molar-refractivity contribution in [3.05, 3.63) is 54.1 Å². The summed E-state index contributed by atoms with van der Waals surface area (Å²) in [6.07, 6.45) is 4.68. The Kier molecular flexibility index (Phi) is 6.05. The van der Waals surface area contributed by atoms with Crippen molar-refractivity contribution in [1.82, 2.24) is 0 Å². The van der Waals surface area contributed by atoms with Gasteiger partial charge in [0.1, 0.15) is 18.1 Å². The summed E-state index contributed by atoms with van der Waals surface area (Å²) in [6.45, 7) is 3.52. The molecule has 2 atom stereocenters. The molecular formula is C24H29NO4. The first-order valence-electron chi connectivity index (χ1n) is 10.5. The monoisotopic (exact) mass is 395 g/mol. The highest BCUT2D eigenvalue weighted by Crippen LogP contribution is 2.38. The second-order valence-corrected chi connectivity index (χ2v) is 7.92. The molecule has 1 saturated carbocycles. The number of nitrogens with zero attached hydrogens (tertiary/aromatic N) is 1. The SMILES string of the molecule is COc1ccc(N(C(=O)c2ccc(OC[C@@H]3CCCO3)cc2)[C@@H](C)C2CC2)cc1. The number of hydrogen-bond donors (Lipinski definition) is 0. The van der Waals surface area contributed by atoms with Gasteiger partial charge in [-0.2, -0.15) is 0 Å². The lowest BCUT2D eigenvalue weighted by Crippen LogP contribution is -2.40. The van der Waals surface area contributed by atoms with Gasteiger partial charge in [-0.25, -0.2) is 0 Å². The minimum absolute atomic E-state index is 0.0141. The van der Waals surface area contributed by atoms with Crippen molar-refractivity contribution >= 4 is 11.6 Å². The summed E-state index contributed by atoms with van der Waals surface area (Å²) in [6, 6.07) is 15.3. The maximum absolute atomic E-state index is 13.4. The molecule has 0 N–H and O–H groups in total. The van der Waals surface area contributed by atoms with Crippen molar-refractivity contribution in [3.8, 4) is 11.5 Å². The lowest BCUT2D eigenvalue weighted by atomic mass is 10.1. The molecule has 2 fully saturated rings. The third kappa shape index (κ3) is 4.73. The fourth-order valence-electron chi connectivity index (χ4n) is 3.87. The number of hydrogen-bond acceptors (Lipinski definition) is 4. The van der Waals surface area contributed by atoms with E-state index in [0.29, 0.717) is 18.1 Å². The molecule has 0 spiro atoms. The van der Waals surface area contributed by atoms with Crippen LogP contribution >= 0.6 is 0 Å². The zero-order valence-corrected chi connectivity index (χ0v) is 17.2. The molecule has 1 heterocycles. The normalized spacial score (nSPS) is 19.6. The molecule has 1 amide bonds. The van der Waals surface area contributed by atoms with Crippen molar-refractivity contribution < 1.29 is 19.0 Å². The number of methoxy groups -OCH3 is 1. The average Bonchev–Trinajstić information content (AvgIpc) is 3.49. The molecule has 0 unspecified atom stereocenters. The second kappa shape index (κ2) is 8.87. The van der Waals surface area contributed by atoms with E-state index in [2.05, 4.69) is 6.92 Å². The molecule has 2 aromatic carbocycles. The first kappa shape index (κ1) is 19.8. The molecule has 0 bridgehead atoms. The standard InChI is InChI=1S/C24H29NO4/c1-17(18-5-6-18)25(20-9-13-21(27-2)14-10-20)24(26)19-7-11-22(12-8-19)29-16-23-4-3-15-28-23/h7-14,17-18,23H,3-6,15-16H2,1-2H3/t17-,23-/m0/s1. The van der Waals surface area contributed by atoms with Crippen molar-refractivity contribution in [3.63, 3.8) is 0 Å². The van der Waals surface area contributed by atoms with Gasteiger partial charge in [0.25, 0.3) is 5.91 Å². The van der Waals surface area contributed by atoms with Crippen LogP contribution in [0.25, 0.3) is 0 Å². The number of benzene rings is 2. The molecule has 154 valence electrons. The lowest BCUT2D eigenvalue weighted by Gasteiger charge is -2.30. The zero-order chi connectivity index (χ0) is 20.2. The maximum Gasteiger partial charge on any atom is 0.258 e. The van der Waals surface area contributed by atoms with Crippen LogP contribution in [0.3, 0.4) is 0 Å². The highest BCUT2D eigenvalue weighted by molar-refractivity contribution is 6.06. The maximum atomic E-state index is 13.4. The van der Waals surface area contributed by atoms with E-state index in [1.165, 1.54) is 12.8 Å². The Hall–Kier alpha value is -2.53. The summed E-state index contributed by atoms with van der Waals surface area (Å²) in [5.41, 5.74) is 1.56. The highest BCUT2D eigenvalue weighted by Gasteiger charge is 2.35. The molecule has 2 aliphatic rings. The van der Waals surface area contributed by atoms with Gasteiger partial charge in [0, 0.05) is 23.9 Å². The molecule has 5 nitrogen and oxygen atoms in total. The molecule has 5 heteroatoms. The van der Waals surface area contributed by atoms with Crippen LogP contribution in [-0.2, 0) is 4.74 Å². The number of carbonyl (C=O) groups excluding carboxylic acids is 1. The van der Waals surface area contributed by atoms with Crippen LogP contribution in [0, 0.1) is 5.92 Å². The number of ether oxygens (including phenoxy) is 3. The Morgan fingerprint density at radius 2 is 1.76 bits per heavy atom. The zero-order valence-electron chi connectivity index (χ0n) is 17.2. The summed E-state index contributed by atoms with van der Waals surface area (Å²) in [5, 5.41) is 0. The van der Waals surface area contributed by atoms with Crippen LogP contribution in [-0.4, -0.2) is 38.4 Å². The number of anilines is 1. The van der Waals surface area contributed by atoms with Crippen molar-refractivity contribution in [2.45, 2.75) is 44.8 Å². The first-order valence-corrected chi connectivity index (χ1v) is 10.5. The fraction of sp³-hybridized carbons (Fsp3) is 0.458. The van der Waals surface area contributed by atoms with Crippen molar-refractivity contribution in [2.24, 2.45) is 5.92 Å². The summed E-state index contributed by atoms with van der Waals surface area (Å²) in [7, 11) is 1.65. The van der Waals surface area contributed by atoms with Crippen molar-refractivity contribution in [1.29, 1.82) is 0 Å². The third-order valence-corrected chi connectivity index (χ3v) is 5.84. The molecular weight excluding hydrogens is 366 g/mol. The van der Waals surface area contributed by atoms with Crippen LogP contribution in [0.5, 0.6) is 11.5 Å². The summed E-state index contributed by atoms with van der Waals surface area (Å²) in [4.78, 5) is 15.3. The van der Waals surface area contributed by atoms with Crippen LogP contribution in [0.1, 0.15) is 43.0 Å². The van der Waals surface area contributed by atoms with Gasteiger partial charge in [-0.15, -0.1) is 0 Å². The van der Waals surface area contributed by atoms with Crippen LogP contribution in [0.2, 0.25) is 0 Å². The number of carbonyl (C=O) groups is 1. The van der Waals surface area contributed by atoms with Gasteiger partial charge in [-0.05, 0) is 87.1 Å². The largest absolute Gasteiger partial charge is 0.497 e. The fourth-order valence-corrected chi connectivity index (χ4v) is 3.87. The minimum atomic E-state index is 0.0141. The molecule has 1 aliphatic heterocycles. The average molecular weight is 395 g/mol. The smallest absolute Gasteiger partial charge is 0.258 e. The van der Waals surface area contributed by atoms with E-state index < -0.39 is 0 Å². The lowest BCUT2D eigenvalue weighted by molar-refractivity contribution is 0.0679. The summed E-state index contributed by atoms with van der Waals surface area (Å²) in [5.74, 6) is 2.13. The van der Waals surface area contributed by atoms with Crippen LogP contribution in [0.4, 0.5) is 5.69 Å². The van der Waals surface area contributed by atoms with Gasteiger partial charge in [-0.3, -0.25) is 4.79 Å². The Morgan fingerprint density at radius 1 is 1.07 bits per heavy atom. The highest BCUT2D eigenvalue weighted by atomic mass is 16.5. The first-order chi connectivity index (χ1) is 14.2. The third-order valence-electron chi connectivity index (χ3n) is 5.84. The summed E-state index contributed by atoms with van der Waals surface area (Å²) < 4.78 is 16.7. The molecule has 29 heavy (non-hydrogen) atoms. The Labute approximate surface area is 172 Å². The van der Waals surface area contributed by atoms with Gasteiger partial charge in [-0.1, -0.05) is 0 Å². The molecule has 4 rings (SSSR count). The van der Waals surface area contributed by atoms with Gasteiger partial charge in [0.2, 0.25) is 0 Å². The van der Waals surface area contributed by atoms with Gasteiger partial charge in [0.05, 0.1) is 13.2 Å². The molecule has 1 saturated heterocycles. The molecule has 1 aliphatic carbocycles. The van der Waals surface area contributed by atoms with E-state index in [1.54, 1.807) is 7.11 Å². The quantitative estimate of drug-likeness (QED) is 0.650. The van der Waals surface area contributed by atoms with E-state index in [4.69, 9.17) is 14.2 Å². The molecule has 0 aromatic heterocycles. The van der Waals surface area contributed by atoms with Gasteiger partial charge < -0.3 is 19.1 Å². The van der Waals surface area contributed by atoms with Crippen LogP contribution in [0.15, 0.2) is 48.5 Å². The molecule has 2 aromatic rings. The van der Waals surface area contributed by atoms with E-state index >= 15 is 0 Å². The van der Waals surface area contributed by atoms with E-state index in [1.807, 2.05) is 53.4 Å². The minimum Gasteiger partial charge on any atom is -0.497 e. The van der Waals surface area contributed by atoms with Gasteiger partial charge >= 0.3 is 0 Å². The number of amides is 1. The Balaban J connectivity index is 1.48. The summed E-state index contributed by atoms with van der Waals surface area (Å²) >= 11 is 0. The van der Waals surface area contributed by atoms with E-state index in [-0.39, 0.29) is 18.1 Å². The topological polar surface area (TPSA) is 48.0 Å². The predicted octanol–water partition coefficient (Wildman–Crippen LogP) is 4.70. The Bertz CT molecular complexity index is 808.